The quantitative estimate of drug-likeness (QED) is 0.522. The van der Waals surface area contributed by atoms with Gasteiger partial charge in [-0.05, 0) is 63.9 Å². The summed E-state index contributed by atoms with van der Waals surface area (Å²) in [4.78, 5) is 46.8. The number of aromatic nitrogens is 3. The first-order chi connectivity index (χ1) is 19.6. The summed E-state index contributed by atoms with van der Waals surface area (Å²) < 4.78 is 29.3. The first-order valence-corrected chi connectivity index (χ1v) is 15.2. The van der Waals surface area contributed by atoms with Crippen LogP contribution in [0, 0.1) is 11.8 Å². The number of amides is 2. The Morgan fingerprint density at radius 1 is 0.976 bits per heavy atom. The van der Waals surface area contributed by atoms with Gasteiger partial charge in [0.2, 0.25) is 11.8 Å². The van der Waals surface area contributed by atoms with Gasteiger partial charge in [-0.25, -0.2) is 18.3 Å². The molecule has 2 saturated carbocycles. The summed E-state index contributed by atoms with van der Waals surface area (Å²) in [6.45, 7) is 11.2. The van der Waals surface area contributed by atoms with Crippen molar-refractivity contribution in [1.29, 1.82) is 0 Å². The van der Waals surface area contributed by atoms with Crippen molar-refractivity contribution in [3.63, 3.8) is 0 Å². The third-order valence-electron chi connectivity index (χ3n) is 9.49. The van der Waals surface area contributed by atoms with Crippen LogP contribution in [0.2, 0.25) is 0 Å². The maximum absolute atomic E-state index is 13.9. The molecule has 11 heteroatoms. The predicted molar refractivity (Wildman–Crippen MR) is 153 cm³/mol. The largest absolute Gasteiger partial charge is 0.481 e. The molecule has 2 aliphatic carbocycles. The molecule has 2 aromatic heterocycles. The number of nitrogens with zero attached hydrogens (tertiary/aromatic N) is 5. The first kappa shape index (κ1) is 30.4. The Balaban J connectivity index is 1.34. The van der Waals surface area contributed by atoms with Crippen LogP contribution in [0.1, 0.15) is 114 Å². The van der Waals surface area contributed by atoms with E-state index in [0.717, 1.165) is 11.3 Å². The van der Waals surface area contributed by atoms with Gasteiger partial charge in [0.15, 0.2) is 5.65 Å². The van der Waals surface area contributed by atoms with E-state index in [1.54, 1.807) is 15.6 Å². The van der Waals surface area contributed by atoms with Gasteiger partial charge in [0.05, 0.1) is 23.3 Å². The molecule has 0 unspecified atom stereocenters. The molecular formula is C31H43F2N5O4. The molecule has 1 N–H and O–H groups in total. The van der Waals surface area contributed by atoms with E-state index < -0.39 is 17.4 Å². The number of imidazole rings is 1. The highest BCUT2D eigenvalue weighted by atomic mass is 19.3. The number of rotatable bonds is 4. The fraction of sp³-hybridized carbons (Fsp3) is 0.710. The van der Waals surface area contributed by atoms with Crippen LogP contribution in [0.25, 0.3) is 5.65 Å². The topological polar surface area (TPSA) is 108 Å². The normalized spacial score (nSPS) is 25.0. The molecular weight excluding hydrogens is 544 g/mol. The molecule has 3 heterocycles. The van der Waals surface area contributed by atoms with Crippen LogP contribution in [0.15, 0.2) is 12.3 Å². The third-order valence-corrected chi connectivity index (χ3v) is 9.49. The van der Waals surface area contributed by atoms with Crippen molar-refractivity contribution in [3.8, 4) is 0 Å². The minimum atomic E-state index is -2.62. The molecule has 0 radical (unpaired) electrons. The average molecular weight is 588 g/mol. The van der Waals surface area contributed by atoms with E-state index in [1.807, 2.05) is 24.8 Å². The Morgan fingerprint density at radius 2 is 1.60 bits per heavy atom. The number of carbonyl (C=O) groups excluding carboxylic acids is 2. The Morgan fingerprint density at radius 3 is 2.17 bits per heavy atom. The van der Waals surface area contributed by atoms with Crippen LogP contribution in [0.3, 0.4) is 0 Å². The number of carbonyl (C=O) groups is 3. The molecule has 0 atom stereocenters. The highest BCUT2D eigenvalue weighted by Gasteiger charge is 2.42. The maximum Gasteiger partial charge on any atom is 0.306 e. The number of fused-ring (bicyclic) bond motifs is 1. The van der Waals surface area contributed by atoms with Crippen molar-refractivity contribution < 1.29 is 28.3 Å². The molecule has 1 aliphatic heterocycles. The number of aliphatic carboxylic acids is 1. The number of hydrogen-bond acceptors (Lipinski definition) is 5. The van der Waals surface area contributed by atoms with Crippen molar-refractivity contribution >= 4 is 23.4 Å². The minimum Gasteiger partial charge on any atom is -0.481 e. The standard InChI is InChI=1S/C31H43F2N5O4/c1-29(2,3)22-16-23(19-10-12-31(32,33)13-11-19)35-38-17-24(34-25(22)38)27(40)37-15-14-36(18-30(37,4)5)26(39)20-6-8-21(9-7-20)28(41)42/h16-17,19-21H,6-15,18H2,1-5H3,(H,41,42)/t20-,21+. The van der Waals surface area contributed by atoms with Gasteiger partial charge in [0.1, 0.15) is 5.69 Å². The molecule has 2 aromatic rings. The van der Waals surface area contributed by atoms with Crippen molar-refractivity contribution in [3.05, 3.63) is 29.2 Å². The zero-order chi connectivity index (χ0) is 30.6. The summed E-state index contributed by atoms with van der Waals surface area (Å²) in [6, 6.07) is 1.98. The zero-order valence-electron chi connectivity index (χ0n) is 25.3. The first-order valence-electron chi connectivity index (χ1n) is 15.2. The van der Waals surface area contributed by atoms with Crippen molar-refractivity contribution in [2.45, 2.75) is 109 Å². The number of hydrogen-bond donors (Lipinski definition) is 1. The minimum absolute atomic E-state index is 0.0405. The lowest BCUT2D eigenvalue weighted by Gasteiger charge is -2.47. The summed E-state index contributed by atoms with van der Waals surface area (Å²) in [5.41, 5.74) is 1.57. The van der Waals surface area contributed by atoms with Gasteiger partial charge in [-0.1, -0.05) is 20.8 Å². The second kappa shape index (κ2) is 10.9. The molecule has 3 fully saturated rings. The Bertz CT molecular complexity index is 1360. The van der Waals surface area contributed by atoms with Crippen molar-refractivity contribution in [1.82, 2.24) is 24.4 Å². The lowest BCUT2D eigenvalue weighted by atomic mass is 9.81. The summed E-state index contributed by atoms with van der Waals surface area (Å²) in [6.07, 6.45) is 4.26. The fourth-order valence-corrected chi connectivity index (χ4v) is 6.89. The number of carboxylic acids is 1. The molecule has 0 bridgehead atoms. The SMILES string of the molecule is CC(C)(C)c1cc(C2CCC(F)(F)CC2)nn2cc(C(=O)N3CCN(C(=O)[C@H]4CC[C@@H](C(=O)O)CC4)CC3(C)C)nc12. The lowest BCUT2D eigenvalue weighted by Crippen LogP contribution is -2.62. The van der Waals surface area contributed by atoms with Crippen LogP contribution in [0.4, 0.5) is 8.78 Å². The predicted octanol–water partition coefficient (Wildman–Crippen LogP) is 5.27. The maximum atomic E-state index is 13.9. The zero-order valence-corrected chi connectivity index (χ0v) is 25.3. The van der Waals surface area contributed by atoms with Gasteiger partial charge in [-0.15, -0.1) is 0 Å². The van der Waals surface area contributed by atoms with Crippen LogP contribution >= 0.6 is 0 Å². The molecule has 3 aliphatic rings. The van der Waals surface area contributed by atoms with Gasteiger partial charge >= 0.3 is 5.97 Å². The molecule has 1 saturated heterocycles. The molecule has 0 spiro atoms. The van der Waals surface area contributed by atoms with E-state index in [4.69, 9.17) is 10.1 Å². The number of carboxylic acid groups (broad SMARTS) is 1. The van der Waals surface area contributed by atoms with Crippen molar-refractivity contribution in [2.24, 2.45) is 11.8 Å². The van der Waals surface area contributed by atoms with E-state index in [-0.39, 0.29) is 53.5 Å². The van der Waals surface area contributed by atoms with E-state index >= 15 is 0 Å². The van der Waals surface area contributed by atoms with Crippen LogP contribution < -0.4 is 0 Å². The van der Waals surface area contributed by atoms with E-state index in [1.165, 1.54) is 0 Å². The summed E-state index contributed by atoms with van der Waals surface area (Å²) in [7, 11) is 0. The second-order valence-electron chi connectivity index (χ2n) is 14.2. The van der Waals surface area contributed by atoms with Gasteiger partial charge in [0, 0.05) is 49.9 Å². The smallest absolute Gasteiger partial charge is 0.306 e. The van der Waals surface area contributed by atoms with Crippen molar-refractivity contribution in [2.75, 3.05) is 19.6 Å². The van der Waals surface area contributed by atoms with Crippen LogP contribution in [-0.4, -0.2) is 78.4 Å². The highest BCUT2D eigenvalue weighted by Crippen LogP contribution is 2.41. The highest BCUT2D eigenvalue weighted by molar-refractivity contribution is 5.94. The Labute approximate surface area is 245 Å². The second-order valence-corrected chi connectivity index (χ2v) is 14.2. The summed E-state index contributed by atoms with van der Waals surface area (Å²) >= 11 is 0. The number of alkyl halides is 2. The van der Waals surface area contributed by atoms with Crippen LogP contribution in [0.5, 0.6) is 0 Å². The molecule has 5 rings (SSSR count). The van der Waals surface area contributed by atoms with Gasteiger partial charge < -0.3 is 14.9 Å². The van der Waals surface area contributed by atoms with Gasteiger partial charge in [0.25, 0.3) is 5.91 Å². The van der Waals surface area contributed by atoms with E-state index in [0.29, 0.717) is 63.8 Å². The molecule has 230 valence electrons. The van der Waals surface area contributed by atoms with E-state index in [2.05, 4.69) is 20.8 Å². The molecule has 42 heavy (non-hydrogen) atoms. The molecule has 9 nitrogen and oxygen atoms in total. The van der Waals surface area contributed by atoms with Gasteiger partial charge in [-0.3, -0.25) is 14.4 Å². The molecule has 0 aromatic carbocycles. The number of halogens is 2. The summed E-state index contributed by atoms with van der Waals surface area (Å²) in [5.74, 6) is -4.23. The Kier molecular flexibility index (Phi) is 7.85. The van der Waals surface area contributed by atoms with E-state index in [9.17, 15) is 28.3 Å². The monoisotopic (exact) mass is 587 g/mol. The summed E-state index contributed by atoms with van der Waals surface area (Å²) in [5, 5.41) is 14.0. The van der Waals surface area contributed by atoms with Gasteiger partial charge in [-0.2, -0.15) is 5.10 Å². The average Bonchev–Trinajstić information content (AvgIpc) is 3.35. The third kappa shape index (κ3) is 6.01. The lowest BCUT2D eigenvalue weighted by molar-refractivity contribution is -0.147. The fourth-order valence-electron chi connectivity index (χ4n) is 6.89. The Hall–Kier alpha value is -3.11. The van der Waals surface area contributed by atoms with Crippen LogP contribution in [-0.2, 0) is 15.0 Å². The number of piperazine rings is 1. The molecule has 2 amide bonds.